The molecule has 2 saturated heterocycles. The molecule has 0 unspecified atom stereocenters. The number of phenolic OH excluding ortho intramolecular Hbond substituents is 1. The van der Waals surface area contributed by atoms with Gasteiger partial charge in [0.15, 0.2) is 0 Å². The van der Waals surface area contributed by atoms with Gasteiger partial charge in [-0.3, -0.25) is 14.5 Å². The fraction of sp³-hybridized carbons (Fsp3) is 0.379. The first-order valence-corrected chi connectivity index (χ1v) is 12.2. The highest BCUT2D eigenvalue weighted by molar-refractivity contribution is 6.05. The van der Waals surface area contributed by atoms with Crippen LogP contribution in [0, 0.1) is 17.8 Å². The number of aromatic hydroxyl groups is 1. The van der Waals surface area contributed by atoms with Crippen LogP contribution in [0.1, 0.15) is 43.7 Å². The van der Waals surface area contributed by atoms with E-state index in [1.807, 2.05) is 36.4 Å². The van der Waals surface area contributed by atoms with Crippen LogP contribution in [0.5, 0.6) is 5.75 Å². The smallest absolute Gasteiger partial charge is 0.233 e. The minimum atomic E-state index is -0.279. The number of rotatable bonds is 6. The van der Waals surface area contributed by atoms with E-state index in [9.17, 15) is 14.7 Å². The number of fused-ring (bicyclic) bond motifs is 3. The van der Waals surface area contributed by atoms with Gasteiger partial charge >= 0.3 is 0 Å². The second-order valence-corrected chi connectivity index (χ2v) is 9.55. The Kier molecular flexibility index (Phi) is 6.13. The predicted molar refractivity (Wildman–Crippen MR) is 132 cm³/mol. The second-order valence-electron chi connectivity index (χ2n) is 9.55. The summed E-state index contributed by atoms with van der Waals surface area (Å²) in [6.07, 6.45) is 5.11. The summed E-state index contributed by atoms with van der Waals surface area (Å²) in [6, 6.07) is 17.6. The highest BCUT2D eigenvalue weighted by Crippen LogP contribution is 2.50. The molecule has 176 valence electrons. The minimum absolute atomic E-state index is 0.00224. The lowest BCUT2D eigenvalue weighted by molar-refractivity contribution is -0.138. The van der Waals surface area contributed by atoms with E-state index in [0.717, 1.165) is 36.0 Å². The maximum Gasteiger partial charge on any atom is 0.233 e. The summed E-state index contributed by atoms with van der Waals surface area (Å²) in [5.41, 5.74) is 5.59. The third-order valence-electron chi connectivity index (χ3n) is 7.74. The molecule has 0 radical (unpaired) electrons. The molecular formula is C29H31NO4. The van der Waals surface area contributed by atoms with Crippen LogP contribution in [0.2, 0.25) is 0 Å². The van der Waals surface area contributed by atoms with Crippen molar-refractivity contribution in [2.45, 2.75) is 38.7 Å². The molecule has 0 spiro atoms. The summed E-state index contributed by atoms with van der Waals surface area (Å²) in [4.78, 5) is 26.9. The van der Waals surface area contributed by atoms with Crippen molar-refractivity contribution < 1.29 is 19.4 Å². The normalized spacial score (nSPS) is 26.8. The molecular weight excluding hydrogens is 426 g/mol. The molecule has 2 aromatic rings. The second kappa shape index (κ2) is 9.22. The number of likely N-dealkylation sites (tertiary alicyclic amines) is 1. The first kappa shape index (κ1) is 22.6. The number of nitrogens with zero attached hydrogens (tertiary/aromatic N) is 1. The molecule has 1 N–H and O–H groups in total. The molecule has 0 aromatic heterocycles. The number of allylic oxidation sites excluding steroid dienone is 2. The zero-order valence-corrected chi connectivity index (χ0v) is 19.7. The summed E-state index contributed by atoms with van der Waals surface area (Å²) in [7, 11) is 1.61. The van der Waals surface area contributed by atoms with Gasteiger partial charge in [0.1, 0.15) is 5.75 Å². The van der Waals surface area contributed by atoms with Crippen molar-refractivity contribution in [2.24, 2.45) is 17.8 Å². The van der Waals surface area contributed by atoms with Crippen LogP contribution in [0.25, 0.3) is 11.6 Å². The summed E-state index contributed by atoms with van der Waals surface area (Å²) in [5, 5.41) is 10.3. The number of hydrogen-bond donors (Lipinski definition) is 1. The van der Waals surface area contributed by atoms with Gasteiger partial charge in [-0.25, -0.2) is 0 Å². The van der Waals surface area contributed by atoms with Crippen LogP contribution in [-0.4, -0.2) is 41.6 Å². The van der Waals surface area contributed by atoms with Crippen LogP contribution in [0.3, 0.4) is 0 Å². The number of carbonyl (C=O) groups is 2. The Morgan fingerprint density at radius 1 is 1.06 bits per heavy atom. The number of carbonyl (C=O) groups excluding carboxylic acids is 2. The highest BCUT2D eigenvalue weighted by atomic mass is 16.5. The van der Waals surface area contributed by atoms with Crippen molar-refractivity contribution >= 4 is 23.5 Å². The van der Waals surface area contributed by atoms with Gasteiger partial charge in [-0.15, -0.1) is 0 Å². The summed E-state index contributed by atoms with van der Waals surface area (Å²) >= 11 is 0. The van der Waals surface area contributed by atoms with E-state index >= 15 is 0 Å². The molecule has 5 heteroatoms. The van der Waals surface area contributed by atoms with Crippen molar-refractivity contribution in [3.05, 3.63) is 76.9 Å². The summed E-state index contributed by atoms with van der Waals surface area (Å²) in [5.74, 6) is -0.345. The van der Waals surface area contributed by atoms with Crippen molar-refractivity contribution in [1.82, 2.24) is 4.90 Å². The average Bonchev–Trinajstić information content (AvgIpc) is 3.38. The number of amides is 2. The van der Waals surface area contributed by atoms with Crippen LogP contribution < -0.4 is 0 Å². The number of para-hydroxylation sites is 1. The molecule has 2 aromatic carbocycles. The third-order valence-corrected chi connectivity index (χ3v) is 7.74. The molecule has 5 nitrogen and oxygen atoms in total. The first-order chi connectivity index (χ1) is 16.5. The average molecular weight is 458 g/mol. The maximum atomic E-state index is 12.9. The van der Waals surface area contributed by atoms with Gasteiger partial charge < -0.3 is 9.84 Å². The lowest BCUT2D eigenvalue weighted by atomic mass is 9.69. The molecule has 4 atom stereocenters. The lowest BCUT2D eigenvalue weighted by Crippen LogP contribution is -2.33. The summed E-state index contributed by atoms with van der Waals surface area (Å²) in [6.45, 7) is 2.63. The molecule has 2 fully saturated rings. The highest BCUT2D eigenvalue weighted by Gasteiger charge is 2.55. The Balaban J connectivity index is 1.42. The van der Waals surface area contributed by atoms with Crippen LogP contribution >= 0.6 is 0 Å². The van der Waals surface area contributed by atoms with Crippen molar-refractivity contribution in [1.29, 1.82) is 0 Å². The molecule has 2 heterocycles. The monoisotopic (exact) mass is 457 g/mol. The molecule has 2 amide bonds. The predicted octanol–water partition coefficient (Wildman–Crippen LogP) is 5.07. The van der Waals surface area contributed by atoms with Crippen LogP contribution in [-0.2, 0) is 14.3 Å². The van der Waals surface area contributed by atoms with Crippen molar-refractivity contribution in [2.75, 3.05) is 13.7 Å². The van der Waals surface area contributed by atoms with Gasteiger partial charge in [-0.05, 0) is 54.5 Å². The number of benzene rings is 2. The van der Waals surface area contributed by atoms with Gasteiger partial charge in [0, 0.05) is 18.5 Å². The lowest BCUT2D eigenvalue weighted by Gasteiger charge is -2.31. The molecule has 34 heavy (non-hydrogen) atoms. The standard InChI is InChI=1S/C29H31NO4/c1-3-18-16-22-27(29(33)30(2)28(22)32)23-17-34-25(26(18)23)14-13-20(19-9-5-4-6-10-19)15-21-11-7-8-12-24(21)31/h4-12,15,22-23,25,27,31H,3,13-14,16-17H2,1-2H3/b20-15-/t22-,23+,25-,27-/m1/s1. The number of imide groups is 1. The van der Waals surface area contributed by atoms with Gasteiger partial charge in [-0.2, -0.15) is 0 Å². The largest absolute Gasteiger partial charge is 0.507 e. The van der Waals surface area contributed by atoms with E-state index in [4.69, 9.17) is 4.74 Å². The molecule has 0 bridgehead atoms. The molecule has 2 aliphatic heterocycles. The Labute approximate surface area is 200 Å². The van der Waals surface area contributed by atoms with Gasteiger partial charge in [0.2, 0.25) is 11.8 Å². The Morgan fingerprint density at radius 3 is 2.53 bits per heavy atom. The quantitative estimate of drug-likeness (QED) is 0.374. The minimum Gasteiger partial charge on any atom is -0.507 e. The van der Waals surface area contributed by atoms with Crippen LogP contribution in [0.4, 0.5) is 0 Å². The van der Waals surface area contributed by atoms with Crippen LogP contribution in [0.15, 0.2) is 65.7 Å². The van der Waals surface area contributed by atoms with E-state index in [2.05, 4.69) is 25.1 Å². The fourth-order valence-corrected chi connectivity index (χ4v) is 6.01. The Bertz CT molecular complexity index is 1170. The molecule has 0 saturated carbocycles. The van der Waals surface area contributed by atoms with Crippen molar-refractivity contribution in [3.8, 4) is 5.75 Å². The van der Waals surface area contributed by atoms with E-state index in [1.54, 1.807) is 13.1 Å². The van der Waals surface area contributed by atoms with E-state index in [-0.39, 0.29) is 41.4 Å². The molecule has 5 rings (SSSR count). The SMILES string of the molecule is CCC1=C2[C@@H](CC/C(=C/c3ccccc3O)c3ccccc3)OC[C@@H]2[C@@H]2C(=O)N(C)C(=O)[C@@H]2C1. The first-order valence-electron chi connectivity index (χ1n) is 12.2. The van der Waals surface area contributed by atoms with E-state index in [0.29, 0.717) is 13.0 Å². The topological polar surface area (TPSA) is 66.8 Å². The fourth-order valence-electron chi connectivity index (χ4n) is 6.01. The Hall–Kier alpha value is -3.18. The third kappa shape index (κ3) is 3.88. The molecule has 3 aliphatic rings. The maximum absolute atomic E-state index is 12.9. The Morgan fingerprint density at radius 2 is 1.79 bits per heavy atom. The zero-order valence-electron chi connectivity index (χ0n) is 19.7. The van der Waals surface area contributed by atoms with Gasteiger partial charge in [0.05, 0.1) is 24.5 Å². The number of ether oxygens (including phenoxy) is 1. The summed E-state index contributed by atoms with van der Waals surface area (Å²) < 4.78 is 6.30. The molecule has 1 aliphatic carbocycles. The number of hydrogen-bond acceptors (Lipinski definition) is 4. The van der Waals surface area contributed by atoms with Gasteiger partial charge in [-0.1, -0.05) is 61.0 Å². The van der Waals surface area contributed by atoms with E-state index in [1.165, 1.54) is 16.0 Å². The van der Waals surface area contributed by atoms with E-state index < -0.39 is 0 Å². The number of phenols is 1. The van der Waals surface area contributed by atoms with Gasteiger partial charge in [0.25, 0.3) is 0 Å². The van der Waals surface area contributed by atoms with Crippen molar-refractivity contribution in [3.63, 3.8) is 0 Å². The zero-order chi connectivity index (χ0) is 23.8.